The summed E-state index contributed by atoms with van der Waals surface area (Å²) in [5.74, 6) is 1.03. The third-order valence-corrected chi connectivity index (χ3v) is 6.27. The molecule has 154 valence electrons. The van der Waals surface area contributed by atoms with Gasteiger partial charge in [0.2, 0.25) is 0 Å². The predicted octanol–water partition coefficient (Wildman–Crippen LogP) is 3.63. The number of carbonyl (C=O) groups excluding carboxylic acids is 1. The molecule has 0 radical (unpaired) electrons. The Balaban J connectivity index is 1.37. The molecule has 6 nitrogen and oxygen atoms in total. The van der Waals surface area contributed by atoms with Crippen molar-refractivity contribution in [2.75, 3.05) is 11.9 Å². The Hall–Kier alpha value is -3.12. The van der Waals surface area contributed by atoms with Gasteiger partial charge in [-0.1, -0.05) is 48.5 Å². The molecule has 1 aliphatic carbocycles. The Morgan fingerprint density at radius 1 is 1.07 bits per heavy atom. The minimum absolute atomic E-state index is 0.0311. The topological polar surface area (TPSA) is 71.0 Å². The molecule has 3 atom stereocenters. The third-order valence-electron chi connectivity index (χ3n) is 6.27. The summed E-state index contributed by atoms with van der Waals surface area (Å²) in [4.78, 5) is 13.0. The van der Waals surface area contributed by atoms with Gasteiger partial charge in [0.05, 0.1) is 17.4 Å². The third kappa shape index (κ3) is 3.48. The molecule has 6 heteroatoms. The lowest BCUT2D eigenvalue weighted by Gasteiger charge is -2.23. The monoisotopic (exact) mass is 401 g/mol. The number of amides is 2. The first-order valence-corrected chi connectivity index (χ1v) is 10.7. The SMILES string of the molecule is CC1NCC(NC(=O)Nc2c3c(nn2-c2ccccc2)CCC3)C1c1ccccc1. The molecule has 3 N–H and O–H groups in total. The van der Waals surface area contributed by atoms with E-state index in [0.717, 1.165) is 48.6 Å². The molecule has 0 bridgehead atoms. The fraction of sp³-hybridized carbons (Fsp3) is 0.333. The molecule has 3 unspecified atom stereocenters. The van der Waals surface area contributed by atoms with Gasteiger partial charge in [0.1, 0.15) is 5.82 Å². The van der Waals surface area contributed by atoms with Crippen LogP contribution in [0.15, 0.2) is 60.7 Å². The Morgan fingerprint density at radius 3 is 2.57 bits per heavy atom. The minimum Gasteiger partial charge on any atom is -0.333 e. The van der Waals surface area contributed by atoms with Gasteiger partial charge >= 0.3 is 6.03 Å². The highest BCUT2D eigenvalue weighted by Crippen LogP contribution is 2.31. The Kier molecular flexibility index (Phi) is 5.01. The van der Waals surface area contributed by atoms with E-state index in [0.29, 0.717) is 6.04 Å². The number of urea groups is 1. The number of para-hydroxylation sites is 1. The van der Waals surface area contributed by atoms with Crippen molar-refractivity contribution in [1.82, 2.24) is 20.4 Å². The number of hydrogen-bond donors (Lipinski definition) is 3. The fourth-order valence-corrected chi connectivity index (χ4v) is 4.84. The van der Waals surface area contributed by atoms with E-state index in [9.17, 15) is 4.79 Å². The van der Waals surface area contributed by atoms with Crippen LogP contribution in [0.25, 0.3) is 5.69 Å². The average Bonchev–Trinajstić information content (AvgIpc) is 3.46. The van der Waals surface area contributed by atoms with Crippen molar-refractivity contribution < 1.29 is 4.79 Å². The van der Waals surface area contributed by atoms with Crippen molar-refractivity contribution in [3.8, 4) is 5.69 Å². The van der Waals surface area contributed by atoms with E-state index in [1.165, 1.54) is 5.56 Å². The van der Waals surface area contributed by atoms with Crippen LogP contribution in [0.1, 0.15) is 36.1 Å². The number of fused-ring (bicyclic) bond motifs is 1. The lowest BCUT2D eigenvalue weighted by atomic mass is 9.89. The molecule has 1 aliphatic heterocycles. The second kappa shape index (κ2) is 7.95. The highest BCUT2D eigenvalue weighted by molar-refractivity contribution is 5.90. The normalized spacial score (nSPS) is 22.6. The van der Waals surface area contributed by atoms with Gasteiger partial charge in [-0.2, -0.15) is 5.10 Å². The number of anilines is 1. The van der Waals surface area contributed by atoms with Crippen LogP contribution in [0.4, 0.5) is 10.6 Å². The molecule has 0 saturated carbocycles. The highest BCUT2D eigenvalue weighted by Gasteiger charge is 2.35. The second-order valence-corrected chi connectivity index (χ2v) is 8.21. The summed E-state index contributed by atoms with van der Waals surface area (Å²) >= 11 is 0. The molecule has 1 saturated heterocycles. The van der Waals surface area contributed by atoms with E-state index >= 15 is 0 Å². The van der Waals surface area contributed by atoms with E-state index in [-0.39, 0.29) is 18.0 Å². The maximum Gasteiger partial charge on any atom is 0.320 e. The zero-order valence-corrected chi connectivity index (χ0v) is 17.1. The van der Waals surface area contributed by atoms with Crippen LogP contribution >= 0.6 is 0 Å². The summed E-state index contributed by atoms with van der Waals surface area (Å²) in [7, 11) is 0. The summed E-state index contributed by atoms with van der Waals surface area (Å²) in [6.45, 7) is 2.93. The largest absolute Gasteiger partial charge is 0.333 e. The number of carbonyl (C=O) groups is 1. The first kappa shape index (κ1) is 18.9. The molecule has 5 rings (SSSR count). The number of aryl methyl sites for hydroxylation is 1. The van der Waals surface area contributed by atoms with E-state index in [1.54, 1.807) is 0 Å². The van der Waals surface area contributed by atoms with Crippen molar-refractivity contribution in [1.29, 1.82) is 0 Å². The number of benzene rings is 2. The number of hydrogen-bond acceptors (Lipinski definition) is 3. The number of nitrogens with one attached hydrogen (secondary N) is 3. The molecule has 1 fully saturated rings. The van der Waals surface area contributed by atoms with Crippen molar-refractivity contribution in [3.63, 3.8) is 0 Å². The zero-order chi connectivity index (χ0) is 20.5. The zero-order valence-electron chi connectivity index (χ0n) is 17.1. The Labute approximate surface area is 176 Å². The quantitative estimate of drug-likeness (QED) is 0.625. The predicted molar refractivity (Wildman–Crippen MR) is 118 cm³/mol. The minimum atomic E-state index is -0.177. The highest BCUT2D eigenvalue weighted by atomic mass is 16.2. The molecule has 2 heterocycles. The lowest BCUT2D eigenvalue weighted by molar-refractivity contribution is 0.248. The molecule has 2 aromatic carbocycles. The molecular formula is C24H27N5O. The molecule has 0 spiro atoms. The maximum absolute atomic E-state index is 13.0. The van der Waals surface area contributed by atoms with Gasteiger partial charge in [-0.05, 0) is 43.9 Å². The van der Waals surface area contributed by atoms with Crippen LogP contribution in [0, 0.1) is 0 Å². The summed E-state index contributed by atoms with van der Waals surface area (Å²) in [6, 6.07) is 20.6. The van der Waals surface area contributed by atoms with Gasteiger partial charge in [-0.3, -0.25) is 5.32 Å². The number of aromatic nitrogens is 2. The van der Waals surface area contributed by atoms with E-state index < -0.39 is 0 Å². The van der Waals surface area contributed by atoms with Crippen LogP contribution in [-0.2, 0) is 12.8 Å². The van der Waals surface area contributed by atoms with Crippen LogP contribution in [0.5, 0.6) is 0 Å². The van der Waals surface area contributed by atoms with Gasteiger partial charge in [-0.25, -0.2) is 9.48 Å². The van der Waals surface area contributed by atoms with Crippen LogP contribution in [0.3, 0.4) is 0 Å². The fourth-order valence-electron chi connectivity index (χ4n) is 4.84. The number of rotatable bonds is 4. The van der Waals surface area contributed by atoms with E-state index in [4.69, 9.17) is 5.10 Å². The summed E-state index contributed by atoms with van der Waals surface area (Å²) in [5, 5.41) is 14.6. The molecule has 30 heavy (non-hydrogen) atoms. The molecule has 2 aliphatic rings. The van der Waals surface area contributed by atoms with Crippen LogP contribution in [0.2, 0.25) is 0 Å². The second-order valence-electron chi connectivity index (χ2n) is 8.21. The van der Waals surface area contributed by atoms with Crippen molar-refractivity contribution >= 4 is 11.8 Å². The van der Waals surface area contributed by atoms with Gasteiger partial charge in [-0.15, -0.1) is 0 Å². The van der Waals surface area contributed by atoms with Crippen molar-refractivity contribution in [3.05, 3.63) is 77.5 Å². The van der Waals surface area contributed by atoms with Crippen molar-refractivity contribution in [2.24, 2.45) is 0 Å². The van der Waals surface area contributed by atoms with Gasteiger partial charge < -0.3 is 10.6 Å². The lowest BCUT2D eigenvalue weighted by Crippen LogP contribution is -2.42. The smallest absolute Gasteiger partial charge is 0.320 e. The maximum atomic E-state index is 13.0. The first-order valence-electron chi connectivity index (χ1n) is 10.7. The first-order chi connectivity index (χ1) is 14.7. The summed E-state index contributed by atoms with van der Waals surface area (Å²) in [6.07, 6.45) is 3.00. The molecule has 2 amide bonds. The Bertz CT molecular complexity index is 1030. The van der Waals surface area contributed by atoms with Gasteiger partial charge in [0.15, 0.2) is 0 Å². The molecular weight excluding hydrogens is 374 g/mol. The standard InChI is InChI=1S/C24H27N5O/c1-16-22(17-9-4-2-5-10-17)21(15-25-16)26-24(30)27-23-19-13-8-14-20(19)28-29(23)18-11-6-3-7-12-18/h2-7,9-12,16,21-22,25H,8,13-15H2,1H3,(H2,26,27,30). The van der Waals surface area contributed by atoms with Crippen LogP contribution < -0.4 is 16.0 Å². The number of nitrogens with zero attached hydrogens (tertiary/aromatic N) is 2. The van der Waals surface area contributed by atoms with E-state index in [2.05, 4.69) is 47.1 Å². The van der Waals surface area contributed by atoms with E-state index in [1.807, 2.05) is 41.1 Å². The van der Waals surface area contributed by atoms with Crippen molar-refractivity contribution in [2.45, 2.75) is 44.2 Å². The molecule has 3 aromatic rings. The van der Waals surface area contributed by atoms with Gasteiger partial charge in [0.25, 0.3) is 0 Å². The summed E-state index contributed by atoms with van der Waals surface area (Å²) in [5.41, 5.74) is 4.45. The summed E-state index contributed by atoms with van der Waals surface area (Å²) < 4.78 is 1.87. The molecule has 1 aromatic heterocycles. The van der Waals surface area contributed by atoms with Crippen LogP contribution in [-0.4, -0.2) is 34.4 Å². The average molecular weight is 402 g/mol. The van der Waals surface area contributed by atoms with Gasteiger partial charge in [0, 0.05) is 24.1 Å². The Morgan fingerprint density at radius 2 is 1.80 bits per heavy atom.